The minimum absolute atomic E-state index is 0.0577. The number of rotatable bonds is 6. The molecule has 0 bridgehead atoms. The number of carbonyl (C=O) groups is 2. The Hall–Kier alpha value is -2.34. The van der Waals surface area contributed by atoms with Crippen LogP contribution >= 0.6 is 15.9 Å². The molecule has 132 valence electrons. The summed E-state index contributed by atoms with van der Waals surface area (Å²) in [5, 5.41) is 5.63. The average molecular weight is 405 g/mol. The second-order valence-electron chi connectivity index (χ2n) is 5.92. The highest BCUT2D eigenvalue weighted by molar-refractivity contribution is 9.10. The maximum absolute atomic E-state index is 12.6. The Labute approximate surface area is 155 Å². The third-order valence-electron chi connectivity index (χ3n) is 3.70. The van der Waals surface area contributed by atoms with E-state index in [1.807, 2.05) is 13.8 Å². The lowest BCUT2D eigenvalue weighted by molar-refractivity contribution is -0.118. The molecule has 0 saturated carbocycles. The van der Waals surface area contributed by atoms with Crippen molar-refractivity contribution < 1.29 is 14.3 Å². The minimum atomic E-state index is -0.641. The first-order valence-corrected chi connectivity index (χ1v) is 8.71. The van der Waals surface area contributed by atoms with Crippen LogP contribution in [-0.2, 0) is 4.79 Å². The van der Waals surface area contributed by atoms with Crippen LogP contribution in [0.4, 0.5) is 5.69 Å². The molecular formula is C19H21BrN2O3. The van der Waals surface area contributed by atoms with Crippen LogP contribution < -0.4 is 15.4 Å². The Morgan fingerprint density at radius 1 is 1.00 bits per heavy atom. The van der Waals surface area contributed by atoms with E-state index in [1.54, 1.807) is 55.6 Å². The maximum atomic E-state index is 12.6. The predicted molar refractivity (Wildman–Crippen MR) is 102 cm³/mol. The van der Waals surface area contributed by atoms with Gasteiger partial charge in [0.25, 0.3) is 5.91 Å². The van der Waals surface area contributed by atoms with Gasteiger partial charge < -0.3 is 15.4 Å². The second-order valence-corrected chi connectivity index (χ2v) is 6.84. The molecule has 25 heavy (non-hydrogen) atoms. The number of nitrogens with one attached hydrogen (secondary N) is 2. The van der Waals surface area contributed by atoms with Crippen molar-refractivity contribution in [1.82, 2.24) is 5.32 Å². The number of methoxy groups -OCH3 is 1. The summed E-state index contributed by atoms with van der Waals surface area (Å²) in [4.78, 5) is 25.0. The summed E-state index contributed by atoms with van der Waals surface area (Å²) in [6.07, 6.45) is 0. The van der Waals surface area contributed by atoms with Gasteiger partial charge in [0.2, 0.25) is 5.91 Å². The fourth-order valence-electron chi connectivity index (χ4n) is 2.26. The molecule has 0 aromatic heterocycles. The number of benzene rings is 2. The zero-order chi connectivity index (χ0) is 18.4. The van der Waals surface area contributed by atoms with Gasteiger partial charge in [-0.2, -0.15) is 0 Å². The van der Waals surface area contributed by atoms with Crippen molar-refractivity contribution in [2.24, 2.45) is 5.92 Å². The largest absolute Gasteiger partial charge is 0.497 e. The SMILES string of the molecule is COc1ccc(NC(=O)[C@@H](NC(=O)c2ccc(Br)cc2)C(C)C)cc1. The summed E-state index contributed by atoms with van der Waals surface area (Å²) >= 11 is 3.33. The number of ether oxygens (including phenoxy) is 1. The van der Waals surface area contributed by atoms with Crippen LogP contribution in [0.2, 0.25) is 0 Å². The van der Waals surface area contributed by atoms with Crippen molar-refractivity contribution in [3.05, 3.63) is 58.6 Å². The fraction of sp³-hybridized carbons (Fsp3) is 0.263. The van der Waals surface area contributed by atoms with Crippen LogP contribution in [0.1, 0.15) is 24.2 Å². The quantitative estimate of drug-likeness (QED) is 0.767. The van der Waals surface area contributed by atoms with Crippen LogP contribution in [-0.4, -0.2) is 25.0 Å². The first-order valence-electron chi connectivity index (χ1n) is 7.92. The monoisotopic (exact) mass is 404 g/mol. The minimum Gasteiger partial charge on any atom is -0.497 e. The van der Waals surface area contributed by atoms with Gasteiger partial charge in [-0.15, -0.1) is 0 Å². The summed E-state index contributed by atoms with van der Waals surface area (Å²) in [5.41, 5.74) is 1.15. The molecule has 2 N–H and O–H groups in total. The molecule has 1 atom stereocenters. The highest BCUT2D eigenvalue weighted by Crippen LogP contribution is 2.16. The van der Waals surface area contributed by atoms with Gasteiger partial charge >= 0.3 is 0 Å². The van der Waals surface area contributed by atoms with Crippen molar-refractivity contribution in [3.8, 4) is 5.75 Å². The molecule has 2 aromatic rings. The van der Waals surface area contributed by atoms with E-state index in [1.165, 1.54) is 0 Å². The van der Waals surface area contributed by atoms with E-state index in [0.29, 0.717) is 17.0 Å². The van der Waals surface area contributed by atoms with Gasteiger partial charge in [0.05, 0.1) is 7.11 Å². The highest BCUT2D eigenvalue weighted by Gasteiger charge is 2.24. The zero-order valence-corrected chi connectivity index (χ0v) is 16.0. The molecule has 0 fully saturated rings. The Morgan fingerprint density at radius 2 is 1.60 bits per heavy atom. The van der Waals surface area contributed by atoms with Gasteiger partial charge in [-0.1, -0.05) is 29.8 Å². The lowest BCUT2D eigenvalue weighted by Crippen LogP contribution is -2.47. The molecule has 0 aliphatic rings. The van der Waals surface area contributed by atoms with Crippen LogP contribution in [0.15, 0.2) is 53.0 Å². The first-order chi connectivity index (χ1) is 11.9. The Kier molecular flexibility index (Phi) is 6.58. The molecule has 2 amide bonds. The molecule has 5 nitrogen and oxygen atoms in total. The van der Waals surface area contributed by atoms with Gasteiger partial charge in [-0.05, 0) is 54.4 Å². The van der Waals surface area contributed by atoms with E-state index in [2.05, 4.69) is 26.6 Å². The molecule has 0 radical (unpaired) electrons. The molecule has 2 rings (SSSR count). The number of halogens is 1. The lowest BCUT2D eigenvalue weighted by Gasteiger charge is -2.22. The van der Waals surface area contributed by atoms with Gasteiger partial charge in [-0.25, -0.2) is 0 Å². The van der Waals surface area contributed by atoms with Crippen molar-refractivity contribution in [2.45, 2.75) is 19.9 Å². The van der Waals surface area contributed by atoms with Gasteiger partial charge in [-0.3, -0.25) is 9.59 Å². The highest BCUT2D eigenvalue weighted by atomic mass is 79.9. The number of anilines is 1. The average Bonchev–Trinajstić information content (AvgIpc) is 2.60. The predicted octanol–water partition coefficient (Wildman–Crippen LogP) is 3.85. The lowest BCUT2D eigenvalue weighted by atomic mass is 10.0. The topological polar surface area (TPSA) is 67.4 Å². The third-order valence-corrected chi connectivity index (χ3v) is 4.23. The maximum Gasteiger partial charge on any atom is 0.251 e. The van der Waals surface area contributed by atoms with Gasteiger partial charge in [0, 0.05) is 15.7 Å². The zero-order valence-electron chi connectivity index (χ0n) is 14.4. The van der Waals surface area contributed by atoms with Crippen LogP contribution in [0.25, 0.3) is 0 Å². The summed E-state index contributed by atoms with van der Waals surface area (Å²) in [5.74, 6) is 0.112. The standard InChI is InChI=1S/C19H21BrN2O3/c1-12(2)17(22-18(23)13-4-6-14(20)7-5-13)19(24)21-15-8-10-16(25-3)11-9-15/h4-12,17H,1-3H3,(H,21,24)(H,22,23)/t17-/m0/s1. The Morgan fingerprint density at radius 3 is 2.12 bits per heavy atom. The van der Waals surface area contributed by atoms with E-state index in [9.17, 15) is 9.59 Å². The number of amides is 2. The first kappa shape index (κ1) is 19.0. The van der Waals surface area contributed by atoms with E-state index < -0.39 is 6.04 Å². The van der Waals surface area contributed by atoms with Crippen molar-refractivity contribution in [2.75, 3.05) is 12.4 Å². The van der Waals surface area contributed by atoms with Crippen LogP contribution in [0, 0.1) is 5.92 Å². The number of hydrogen-bond acceptors (Lipinski definition) is 3. The molecule has 0 saturated heterocycles. The number of carbonyl (C=O) groups excluding carboxylic acids is 2. The molecule has 6 heteroatoms. The normalized spacial score (nSPS) is 11.7. The smallest absolute Gasteiger partial charge is 0.251 e. The van der Waals surface area contributed by atoms with E-state index in [-0.39, 0.29) is 17.7 Å². The third kappa shape index (κ3) is 5.32. The van der Waals surface area contributed by atoms with E-state index in [0.717, 1.165) is 4.47 Å². The van der Waals surface area contributed by atoms with E-state index in [4.69, 9.17) is 4.74 Å². The molecule has 0 aliphatic carbocycles. The van der Waals surface area contributed by atoms with Crippen molar-refractivity contribution >= 4 is 33.4 Å². The van der Waals surface area contributed by atoms with Crippen LogP contribution in [0.3, 0.4) is 0 Å². The van der Waals surface area contributed by atoms with Crippen molar-refractivity contribution in [3.63, 3.8) is 0 Å². The van der Waals surface area contributed by atoms with Crippen molar-refractivity contribution in [1.29, 1.82) is 0 Å². The molecule has 2 aromatic carbocycles. The second kappa shape index (κ2) is 8.67. The number of hydrogen-bond donors (Lipinski definition) is 2. The van der Waals surface area contributed by atoms with E-state index >= 15 is 0 Å². The fourth-order valence-corrected chi connectivity index (χ4v) is 2.52. The molecular weight excluding hydrogens is 384 g/mol. The van der Waals surface area contributed by atoms with Gasteiger partial charge in [0.15, 0.2) is 0 Å². The molecule has 0 spiro atoms. The molecule has 0 unspecified atom stereocenters. The Balaban J connectivity index is 2.06. The summed E-state index contributed by atoms with van der Waals surface area (Å²) in [6, 6.07) is 13.4. The van der Waals surface area contributed by atoms with Gasteiger partial charge in [0.1, 0.15) is 11.8 Å². The van der Waals surface area contributed by atoms with Crippen LogP contribution in [0.5, 0.6) is 5.75 Å². The summed E-state index contributed by atoms with van der Waals surface area (Å²) < 4.78 is 5.99. The summed E-state index contributed by atoms with van der Waals surface area (Å²) in [6.45, 7) is 3.78. The summed E-state index contributed by atoms with van der Waals surface area (Å²) in [7, 11) is 1.58. The molecule has 0 heterocycles. The Bertz CT molecular complexity index is 727. The molecule has 0 aliphatic heterocycles.